The van der Waals surface area contributed by atoms with Gasteiger partial charge in [0.05, 0.1) is 5.56 Å². The lowest BCUT2D eigenvalue weighted by atomic mass is 9.96. The number of aryl methyl sites for hydroxylation is 1. The van der Waals surface area contributed by atoms with Gasteiger partial charge in [-0.15, -0.1) is 0 Å². The Balaban J connectivity index is 1.87. The summed E-state index contributed by atoms with van der Waals surface area (Å²) < 4.78 is 4.12. The van der Waals surface area contributed by atoms with E-state index < -0.39 is 0 Å². The van der Waals surface area contributed by atoms with Crippen LogP contribution in [0.3, 0.4) is 0 Å². The van der Waals surface area contributed by atoms with E-state index in [9.17, 15) is 9.59 Å². The third-order valence-electron chi connectivity index (χ3n) is 4.68. The van der Waals surface area contributed by atoms with Crippen LogP contribution < -0.4 is 5.69 Å². The van der Waals surface area contributed by atoms with Crippen LogP contribution >= 0.6 is 22.6 Å². The molecule has 134 valence electrons. The highest BCUT2D eigenvalue weighted by atomic mass is 127. The normalized spacial score (nSPS) is 18.0. The van der Waals surface area contributed by atoms with Gasteiger partial charge in [-0.1, -0.05) is 12.1 Å². The number of carbonyl (C=O) groups excluding carboxylic acids is 1. The highest BCUT2D eigenvalue weighted by Crippen LogP contribution is 2.28. The number of hydrogen-bond donors (Lipinski definition) is 0. The number of aromatic nitrogens is 3. The molecule has 1 fully saturated rings. The van der Waals surface area contributed by atoms with Crippen molar-refractivity contribution >= 4 is 28.5 Å². The van der Waals surface area contributed by atoms with Crippen LogP contribution in [0.25, 0.3) is 0 Å². The molecule has 0 aliphatic carbocycles. The molecule has 6 nitrogen and oxygen atoms in total. The Morgan fingerprint density at radius 1 is 1.32 bits per heavy atom. The highest BCUT2D eigenvalue weighted by molar-refractivity contribution is 14.1. The van der Waals surface area contributed by atoms with Crippen molar-refractivity contribution in [1.29, 1.82) is 0 Å². The van der Waals surface area contributed by atoms with E-state index in [-0.39, 0.29) is 23.6 Å². The van der Waals surface area contributed by atoms with Crippen molar-refractivity contribution < 1.29 is 4.79 Å². The predicted molar refractivity (Wildman–Crippen MR) is 105 cm³/mol. The summed E-state index contributed by atoms with van der Waals surface area (Å²) in [6.07, 6.45) is 1.86. The van der Waals surface area contributed by atoms with Gasteiger partial charge in [-0.3, -0.25) is 9.36 Å². The zero-order valence-corrected chi connectivity index (χ0v) is 16.9. The molecule has 2 heterocycles. The van der Waals surface area contributed by atoms with E-state index in [1.807, 2.05) is 43.0 Å². The van der Waals surface area contributed by atoms with Crippen molar-refractivity contribution in [3.8, 4) is 0 Å². The summed E-state index contributed by atoms with van der Waals surface area (Å²) >= 11 is 2.20. The number of piperidine rings is 1. The number of hydrogen-bond acceptors (Lipinski definition) is 3. The smallest absolute Gasteiger partial charge is 0.338 e. The largest absolute Gasteiger partial charge is 0.345 e. The van der Waals surface area contributed by atoms with E-state index in [2.05, 4.69) is 27.7 Å². The molecule has 0 radical (unpaired) electrons. The van der Waals surface area contributed by atoms with Crippen LogP contribution in [0, 0.1) is 3.57 Å². The number of benzene rings is 1. The van der Waals surface area contributed by atoms with Crippen LogP contribution in [0.4, 0.5) is 0 Å². The molecular formula is C18H23IN4O2. The fraction of sp³-hybridized carbons (Fsp3) is 0.500. The first-order chi connectivity index (χ1) is 11.9. The van der Waals surface area contributed by atoms with Crippen LogP contribution in [0.5, 0.6) is 0 Å². The quantitative estimate of drug-likeness (QED) is 0.671. The first-order valence-electron chi connectivity index (χ1n) is 8.59. The minimum absolute atomic E-state index is 0.0531. The molecule has 1 saturated heterocycles. The lowest BCUT2D eigenvalue weighted by Crippen LogP contribution is -2.40. The minimum atomic E-state index is -0.0916. The minimum Gasteiger partial charge on any atom is -0.338 e. The average molecular weight is 454 g/mol. The van der Waals surface area contributed by atoms with Crippen LogP contribution in [0.15, 0.2) is 29.1 Å². The van der Waals surface area contributed by atoms with Crippen molar-refractivity contribution in [2.75, 3.05) is 13.1 Å². The van der Waals surface area contributed by atoms with Crippen molar-refractivity contribution in [1.82, 2.24) is 19.2 Å². The molecule has 25 heavy (non-hydrogen) atoms. The molecule has 0 N–H and O–H groups in total. The van der Waals surface area contributed by atoms with E-state index in [1.165, 1.54) is 4.68 Å². The van der Waals surface area contributed by atoms with E-state index in [0.29, 0.717) is 6.54 Å². The predicted octanol–water partition coefficient (Wildman–Crippen LogP) is 2.79. The Morgan fingerprint density at radius 3 is 2.72 bits per heavy atom. The Labute approximate surface area is 161 Å². The summed E-state index contributed by atoms with van der Waals surface area (Å²) in [5, 5.41) is 4.47. The third kappa shape index (κ3) is 3.51. The van der Waals surface area contributed by atoms with Gasteiger partial charge < -0.3 is 4.90 Å². The number of rotatable bonds is 3. The topological polar surface area (TPSA) is 60.1 Å². The lowest BCUT2D eigenvalue weighted by Gasteiger charge is -2.33. The Bertz CT molecular complexity index is 840. The Kier molecular flexibility index (Phi) is 5.31. The number of carbonyl (C=O) groups is 1. The summed E-state index contributed by atoms with van der Waals surface area (Å²) in [6.45, 7) is 5.33. The average Bonchev–Trinajstić information content (AvgIpc) is 2.90. The SMILES string of the molecule is CC(C)n1c(C2CCCN(C(=O)c3ccccc3I)C2)nn(C)c1=O. The second-order valence-electron chi connectivity index (χ2n) is 6.80. The van der Waals surface area contributed by atoms with Gasteiger partial charge >= 0.3 is 5.69 Å². The van der Waals surface area contributed by atoms with Crippen molar-refractivity contribution in [3.63, 3.8) is 0 Å². The van der Waals surface area contributed by atoms with Gasteiger partial charge in [0, 0.05) is 35.7 Å². The maximum absolute atomic E-state index is 12.9. The maximum atomic E-state index is 12.9. The number of amides is 1. The summed E-state index contributed by atoms with van der Waals surface area (Å²) in [6, 6.07) is 7.71. The van der Waals surface area contributed by atoms with Gasteiger partial charge in [0.25, 0.3) is 5.91 Å². The molecular weight excluding hydrogens is 431 g/mol. The molecule has 1 atom stereocenters. The van der Waals surface area contributed by atoms with E-state index >= 15 is 0 Å². The number of halogens is 1. The summed E-state index contributed by atoms with van der Waals surface area (Å²) in [5.41, 5.74) is 0.650. The van der Waals surface area contributed by atoms with E-state index in [0.717, 1.165) is 34.3 Å². The van der Waals surface area contributed by atoms with Crippen LogP contribution in [0.2, 0.25) is 0 Å². The summed E-state index contributed by atoms with van der Waals surface area (Å²) in [5.74, 6) is 0.946. The Morgan fingerprint density at radius 2 is 2.04 bits per heavy atom. The summed E-state index contributed by atoms with van der Waals surface area (Å²) in [4.78, 5) is 27.2. The van der Waals surface area contributed by atoms with Gasteiger partial charge in [-0.2, -0.15) is 5.10 Å². The Hall–Kier alpha value is -1.64. The second-order valence-corrected chi connectivity index (χ2v) is 7.96. The molecule has 7 heteroatoms. The monoisotopic (exact) mass is 454 g/mol. The lowest BCUT2D eigenvalue weighted by molar-refractivity contribution is 0.0701. The zero-order valence-electron chi connectivity index (χ0n) is 14.8. The molecule has 0 bridgehead atoms. The molecule has 1 unspecified atom stereocenters. The molecule has 1 aliphatic rings. The fourth-order valence-electron chi connectivity index (χ4n) is 3.44. The number of nitrogens with zero attached hydrogens (tertiary/aromatic N) is 4. The van der Waals surface area contributed by atoms with Crippen molar-refractivity contribution in [3.05, 3.63) is 49.7 Å². The van der Waals surface area contributed by atoms with Crippen LogP contribution in [-0.4, -0.2) is 38.2 Å². The first kappa shape index (κ1) is 18.2. The van der Waals surface area contributed by atoms with E-state index in [1.54, 1.807) is 11.6 Å². The zero-order chi connectivity index (χ0) is 18.1. The van der Waals surface area contributed by atoms with Gasteiger partial charge in [0.1, 0.15) is 5.82 Å². The van der Waals surface area contributed by atoms with E-state index in [4.69, 9.17) is 0 Å². The molecule has 1 aromatic heterocycles. The molecule has 3 rings (SSSR count). The molecule has 1 aromatic carbocycles. The molecule has 0 saturated carbocycles. The molecule has 1 aliphatic heterocycles. The van der Waals surface area contributed by atoms with Crippen LogP contribution in [-0.2, 0) is 7.05 Å². The fourth-order valence-corrected chi connectivity index (χ4v) is 4.06. The molecule has 1 amide bonds. The van der Waals surface area contributed by atoms with Gasteiger partial charge in [0.15, 0.2) is 0 Å². The first-order valence-corrected chi connectivity index (χ1v) is 9.67. The number of likely N-dealkylation sites (tertiary alicyclic amines) is 1. The molecule has 2 aromatic rings. The molecule has 0 spiro atoms. The highest BCUT2D eigenvalue weighted by Gasteiger charge is 2.30. The summed E-state index contributed by atoms with van der Waals surface area (Å²) in [7, 11) is 1.68. The van der Waals surface area contributed by atoms with Gasteiger partial charge in [-0.05, 0) is 61.4 Å². The second kappa shape index (κ2) is 7.31. The van der Waals surface area contributed by atoms with Crippen molar-refractivity contribution in [2.45, 2.75) is 38.6 Å². The van der Waals surface area contributed by atoms with Gasteiger partial charge in [-0.25, -0.2) is 9.48 Å². The van der Waals surface area contributed by atoms with Crippen LogP contribution in [0.1, 0.15) is 54.8 Å². The standard InChI is InChI=1S/C18H23IN4O2/c1-12(2)23-16(20-21(3)18(23)25)13-7-6-10-22(11-13)17(24)14-8-4-5-9-15(14)19/h4-5,8-9,12-13H,6-7,10-11H2,1-3H3. The maximum Gasteiger partial charge on any atom is 0.345 e. The third-order valence-corrected chi connectivity index (χ3v) is 5.62. The van der Waals surface area contributed by atoms with Gasteiger partial charge in [0.2, 0.25) is 0 Å². The van der Waals surface area contributed by atoms with Crippen molar-refractivity contribution in [2.24, 2.45) is 7.05 Å².